The minimum absolute atomic E-state index is 0.126. The predicted octanol–water partition coefficient (Wildman–Crippen LogP) is 9.93. The Morgan fingerprint density at radius 1 is 0.615 bits per heavy atom. The van der Waals surface area contributed by atoms with Crippen molar-refractivity contribution in [2.75, 3.05) is 6.61 Å². The van der Waals surface area contributed by atoms with E-state index in [4.69, 9.17) is 0 Å². The van der Waals surface area contributed by atoms with Crippen molar-refractivity contribution in [3.63, 3.8) is 0 Å². The van der Waals surface area contributed by atoms with Gasteiger partial charge in [0.1, 0.15) is 5.70 Å². The second-order valence-electron chi connectivity index (χ2n) is 10.7. The molecule has 19 heteroatoms. The number of ether oxygens (including phenoxy) is 1. The van der Waals surface area contributed by atoms with E-state index in [0.717, 1.165) is 6.92 Å². The number of rotatable bonds is 14. The maximum absolute atomic E-state index is 16.5. The minimum atomic E-state index is -8.55. The lowest BCUT2D eigenvalue weighted by molar-refractivity contribution is -0.450. The summed E-state index contributed by atoms with van der Waals surface area (Å²) < 4.78 is 226. The van der Waals surface area contributed by atoms with Gasteiger partial charge < -0.3 is 4.74 Å². The normalized spacial score (nSPS) is 14.4. The largest absolute Gasteiger partial charge is 0.463 e. The SMILES string of the molecule is C=CC/C(C(=O)OCC)=C(/N=P(c1ccccc1)(c1ccccc1)c1ccccc1)C(F)(F)C(F)(F)C(F)(F)C(F)(F)C(F)(F)C(F)(F)C(F)(F)F. The minimum Gasteiger partial charge on any atom is -0.463 e. The van der Waals surface area contributed by atoms with Crippen LogP contribution < -0.4 is 15.9 Å². The number of nitrogens with zero attached hydrogens (tertiary/aromatic N) is 1. The molecule has 0 aromatic heterocycles. The zero-order valence-corrected chi connectivity index (χ0v) is 27.1. The molecule has 3 rings (SSSR count). The standard InChI is InChI=1S/C33H25F15NO2P/c1-3-14-24(26(50)51-4-2)25(27(34,35)28(36,37)29(38,39)30(40,41)31(42,43)32(44,45)33(46,47)48)49-52(21-15-8-5-9-16-21,22-17-10-6-11-18-22)23-19-12-7-13-20-23/h3,5-13,15-20H,1,4,14H2,2H3/b25-24-. The smallest absolute Gasteiger partial charge is 0.460 e. The Hall–Kier alpha value is -4.21. The Balaban J connectivity index is 2.66. The van der Waals surface area contributed by atoms with Crippen molar-refractivity contribution in [3.8, 4) is 0 Å². The molecule has 0 saturated heterocycles. The van der Waals surface area contributed by atoms with E-state index in [1.807, 2.05) is 0 Å². The summed E-state index contributed by atoms with van der Waals surface area (Å²) in [5.41, 5.74) is -4.51. The van der Waals surface area contributed by atoms with E-state index in [9.17, 15) is 44.3 Å². The maximum Gasteiger partial charge on any atom is 0.460 e. The molecule has 0 aliphatic carbocycles. The van der Waals surface area contributed by atoms with E-state index in [-0.39, 0.29) is 15.9 Å². The van der Waals surface area contributed by atoms with Gasteiger partial charge in [-0.15, -0.1) is 6.58 Å². The highest BCUT2D eigenvalue weighted by atomic mass is 31.2. The molecule has 0 amide bonds. The van der Waals surface area contributed by atoms with E-state index in [2.05, 4.69) is 16.1 Å². The van der Waals surface area contributed by atoms with E-state index in [1.165, 1.54) is 91.0 Å². The van der Waals surface area contributed by atoms with Crippen molar-refractivity contribution in [2.24, 2.45) is 4.74 Å². The average molecular weight is 784 g/mol. The molecule has 0 radical (unpaired) electrons. The first-order valence-corrected chi connectivity index (χ1v) is 16.2. The number of hydrogen-bond donors (Lipinski definition) is 0. The van der Waals surface area contributed by atoms with Crippen molar-refractivity contribution in [3.05, 3.63) is 115 Å². The molecule has 3 aromatic carbocycles. The molecule has 0 fully saturated rings. The van der Waals surface area contributed by atoms with Crippen LogP contribution in [0.1, 0.15) is 13.3 Å². The lowest BCUT2D eigenvalue weighted by atomic mass is 9.89. The molecule has 0 aliphatic heterocycles. The summed E-state index contributed by atoms with van der Waals surface area (Å²) in [6.07, 6.45) is -8.51. The molecule has 52 heavy (non-hydrogen) atoms. The summed E-state index contributed by atoms with van der Waals surface area (Å²) in [7, 11) is -4.42. The third-order valence-corrected chi connectivity index (χ3v) is 11.1. The lowest BCUT2D eigenvalue weighted by Gasteiger charge is -2.42. The number of carbonyl (C=O) groups excluding carboxylic acids is 1. The van der Waals surface area contributed by atoms with Gasteiger partial charge in [-0.2, -0.15) is 65.9 Å². The molecular formula is C33H25F15NO2P. The Kier molecular flexibility index (Phi) is 11.9. The summed E-state index contributed by atoms with van der Waals surface area (Å²) in [6, 6.07) is 19.3. The molecule has 0 saturated carbocycles. The Bertz CT molecular complexity index is 1710. The molecule has 3 aromatic rings. The second kappa shape index (κ2) is 14.7. The van der Waals surface area contributed by atoms with Gasteiger partial charge in [0.2, 0.25) is 0 Å². The van der Waals surface area contributed by atoms with Gasteiger partial charge in [0.15, 0.2) is 0 Å². The molecule has 0 unspecified atom stereocenters. The number of allylic oxidation sites excluding steroid dienone is 2. The van der Waals surface area contributed by atoms with E-state index >= 15 is 26.3 Å². The predicted molar refractivity (Wildman–Crippen MR) is 162 cm³/mol. The van der Waals surface area contributed by atoms with Crippen molar-refractivity contribution >= 4 is 28.9 Å². The summed E-state index contributed by atoms with van der Waals surface area (Å²) >= 11 is 0. The third kappa shape index (κ3) is 6.73. The van der Waals surface area contributed by atoms with Crippen LogP contribution in [0.3, 0.4) is 0 Å². The molecular weight excluding hydrogens is 758 g/mol. The fourth-order valence-electron chi connectivity index (χ4n) is 4.77. The highest BCUT2D eigenvalue weighted by Crippen LogP contribution is 2.64. The molecule has 0 atom stereocenters. The monoisotopic (exact) mass is 783 g/mol. The van der Waals surface area contributed by atoms with Gasteiger partial charge in [-0.05, 0) is 13.3 Å². The van der Waals surface area contributed by atoms with Crippen LogP contribution in [-0.4, -0.2) is 54.3 Å². The Labute approximate surface area is 285 Å². The van der Waals surface area contributed by atoms with Gasteiger partial charge in [0.25, 0.3) is 0 Å². The van der Waals surface area contributed by atoms with Gasteiger partial charge in [-0.25, -0.2) is 4.79 Å². The fourth-order valence-corrected chi connectivity index (χ4v) is 8.37. The number of benzene rings is 3. The second-order valence-corrected chi connectivity index (χ2v) is 13.7. The number of halogens is 15. The molecule has 0 bridgehead atoms. The zero-order chi connectivity index (χ0) is 39.6. The van der Waals surface area contributed by atoms with Crippen LogP contribution in [0.5, 0.6) is 0 Å². The van der Waals surface area contributed by atoms with Crippen molar-refractivity contribution in [1.82, 2.24) is 0 Å². The topological polar surface area (TPSA) is 38.7 Å². The molecule has 284 valence electrons. The van der Waals surface area contributed by atoms with Crippen LogP contribution in [0.2, 0.25) is 0 Å². The number of hydrogen-bond acceptors (Lipinski definition) is 3. The molecule has 0 spiro atoms. The van der Waals surface area contributed by atoms with Gasteiger partial charge >= 0.3 is 47.7 Å². The Morgan fingerprint density at radius 2 is 0.962 bits per heavy atom. The van der Waals surface area contributed by atoms with Crippen LogP contribution >= 0.6 is 7.05 Å². The molecule has 0 aliphatic rings. The summed E-state index contributed by atoms with van der Waals surface area (Å²) in [5.74, 6) is -50.7. The first kappa shape index (κ1) is 42.2. The lowest BCUT2D eigenvalue weighted by Crippen LogP contribution is -2.72. The van der Waals surface area contributed by atoms with Crippen molar-refractivity contribution in [1.29, 1.82) is 0 Å². The fraction of sp³-hybridized carbons (Fsp3) is 0.303. The zero-order valence-electron chi connectivity index (χ0n) is 26.2. The number of carbonyl (C=O) groups is 1. The quantitative estimate of drug-likeness (QED) is 0.0537. The van der Waals surface area contributed by atoms with Crippen molar-refractivity contribution < 1.29 is 75.4 Å². The first-order chi connectivity index (χ1) is 23.8. The van der Waals surface area contributed by atoms with E-state index in [1.54, 1.807) is 0 Å². The maximum atomic E-state index is 16.5. The van der Waals surface area contributed by atoms with Gasteiger partial charge in [0, 0.05) is 15.9 Å². The number of esters is 1. The van der Waals surface area contributed by atoms with Crippen LogP contribution in [0, 0.1) is 0 Å². The average Bonchev–Trinajstić information content (AvgIpc) is 3.08. The molecule has 3 nitrogen and oxygen atoms in total. The van der Waals surface area contributed by atoms with E-state index in [0.29, 0.717) is 6.08 Å². The van der Waals surface area contributed by atoms with E-state index < -0.39 is 79.0 Å². The van der Waals surface area contributed by atoms with Gasteiger partial charge in [-0.1, -0.05) is 97.1 Å². The van der Waals surface area contributed by atoms with Crippen LogP contribution in [-0.2, 0) is 9.53 Å². The highest BCUT2D eigenvalue weighted by Gasteiger charge is 2.93. The van der Waals surface area contributed by atoms with Crippen LogP contribution in [0.25, 0.3) is 0 Å². The Morgan fingerprint density at radius 3 is 1.29 bits per heavy atom. The molecule has 0 N–H and O–H groups in total. The van der Waals surface area contributed by atoms with Gasteiger partial charge in [-0.3, -0.25) is 4.74 Å². The van der Waals surface area contributed by atoms with Gasteiger partial charge in [0.05, 0.1) is 19.2 Å². The highest BCUT2D eigenvalue weighted by molar-refractivity contribution is 7.87. The van der Waals surface area contributed by atoms with Crippen molar-refractivity contribution in [2.45, 2.75) is 55.1 Å². The molecule has 0 heterocycles. The van der Waals surface area contributed by atoms with Crippen LogP contribution in [0.4, 0.5) is 65.9 Å². The summed E-state index contributed by atoms with van der Waals surface area (Å²) in [6.45, 7) is 3.51. The summed E-state index contributed by atoms with van der Waals surface area (Å²) in [5, 5.41) is -0.377. The van der Waals surface area contributed by atoms with Crippen LogP contribution in [0.15, 0.2) is 120 Å². The third-order valence-electron chi connectivity index (χ3n) is 7.42. The number of alkyl halides is 15. The summed E-state index contributed by atoms with van der Waals surface area (Å²) in [4.78, 5) is 13.1. The first-order valence-electron chi connectivity index (χ1n) is 14.5.